The minimum atomic E-state index is -0.292. The lowest BCUT2D eigenvalue weighted by molar-refractivity contribution is 0.0219. The third kappa shape index (κ3) is 6.15. The molecule has 0 spiro atoms. The third-order valence-corrected chi connectivity index (χ3v) is 12.5. The van der Waals surface area contributed by atoms with Crippen LogP contribution < -0.4 is 19.7 Å². The number of benzene rings is 3. The van der Waals surface area contributed by atoms with Crippen LogP contribution in [0.2, 0.25) is 0 Å². The Morgan fingerprint density at radius 2 is 1.73 bits per heavy atom. The Labute approximate surface area is 324 Å². The van der Waals surface area contributed by atoms with Gasteiger partial charge in [-0.1, -0.05) is 24.3 Å². The molecule has 0 unspecified atom stereocenters. The van der Waals surface area contributed by atoms with E-state index in [1.807, 2.05) is 18.7 Å². The average Bonchev–Trinajstić information content (AvgIpc) is 4.06. The van der Waals surface area contributed by atoms with Crippen LogP contribution in [0.4, 0.5) is 10.2 Å². The number of aromatic nitrogens is 7. The van der Waals surface area contributed by atoms with Crippen molar-refractivity contribution in [1.82, 2.24) is 40.2 Å². The fourth-order valence-electron chi connectivity index (χ4n) is 9.17. The standard InChI is InChI=1S/C43H46FN9O3/c1-23-34(44)18-35-33(20-46-50-35)37(23)38-31(26-7-8-26)17-32-39(48-43(56-30-11-13-54-14-12-30)49-42(32)53-21-28-16-29(53)19-45-28)40(38)55-22-25-5-3-24(4-6-25)15-36-47-41(27-9-10-27)52(2)51-36/h3-6,17-18,20,26-30,45H,7-16,19,21-22H2,1-2H3,(H,46,50)/t28-,29-/m0/s1. The molecule has 11 rings (SSSR count). The first-order valence-electron chi connectivity index (χ1n) is 20.3. The smallest absolute Gasteiger partial charge is 0.319 e. The first kappa shape index (κ1) is 34.1. The van der Waals surface area contributed by atoms with Crippen LogP contribution in [0.15, 0.2) is 42.6 Å². The molecule has 0 radical (unpaired) electrons. The number of nitrogens with one attached hydrogen (secondary N) is 2. The van der Waals surface area contributed by atoms with Crippen LogP contribution >= 0.6 is 0 Å². The number of hydrogen-bond donors (Lipinski definition) is 2. The predicted octanol–water partition coefficient (Wildman–Crippen LogP) is 6.78. The minimum absolute atomic E-state index is 0.0450. The number of piperazine rings is 1. The summed E-state index contributed by atoms with van der Waals surface area (Å²) in [6.45, 7) is 5.22. The molecule has 5 aliphatic rings. The number of rotatable bonds is 11. The number of ether oxygens (including phenoxy) is 3. The van der Waals surface area contributed by atoms with Crippen molar-refractivity contribution in [2.45, 2.75) is 94.9 Å². The number of hydrogen-bond acceptors (Lipinski definition) is 10. The molecule has 2 saturated carbocycles. The molecule has 2 aliphatic carbocycles. The number of fused-ring (bicyclic) bond motifs is 4. The summed E-state index contributed by atoms with van der Waals surface area (Å²) < 4.78 is 37.2. The maximum absolute atomic E-state index is 15.9. The van der Waals surface area contributed by atoms with Crippen molar-refractivity contribution in [2.24, 2.45) is 7.05 Å². The second-order valence-corrected chi connectivity index (χ2v) is 16.5. The summed E-state index contributed by atoms with van der Waals surface area (Å²) in [6.07, 6.45) is 9.54. The summed E-state index contributed by atoms with van der Waals surface area (Å²) in [6, 6.07) is 13.4. The molecule has 56 heavy (non-hydrogen) atoms. The van der Waals surface area contributed by atoms with Crippen molar-refractivity contribution in [2.75, 3.05) is 31.2 Å². The number of nitrogens with zero attached hydrogens (tertiary/aromatic N) is 7. The van der Waals surface area contributed by atoms with Gasteiger partial charge in [-0.05, 0) is 79.3 Å². The van der Waals surface area contributed by atoms with E-state index in [1.54, 1.807) is 6.20 Å². The van der Waals surface area contributed by atoms with Gasteiger partial charge >= 0.3 is 6.01 Å². The van der Waals surface area contributed by atoms with Gasteiger partial charge in [0.15, 0.2) is 11.6 Å². The molecule has 0 amide bonds. The topological polar surface area (TPSA) is 128 Å². The van der Waals surface area contributed by atoms with Crippen LogP contribution in [0.3, 0.4) is 0 Å². The fraction of sp³-hybridized carbons (Fsp3) is 0.465. The zero-order chi connectivity index (χ0) is 37.5. The largest absolute Gasteiger partial charge is 0.486 e. The summed E-state index contributed by atoms with van der Waals surface area (Å²) >= 11 is 0. The molecule has 13 heteroatoms. The highest BCUT2D eigenvalue weighted by atomic mass is 19.1. The zero-order valence-corrected chi connectivity index (χ0v) is 31.9. The van der Waals surface area contributed by atoms with Crippen LogP contribution in [-0.4, -0.2) is 79.4 Å². The summed E-state index contributed by atoms with van der Waals surface area (Å²) in [7, 11) is 1.99. The van der Waals surface area contributed by atoms with Gasteiger partial charge in [-0.2, -0.15) is 20.2 Å². The van der Waals surface area contributed by atoms with Crippen LogP contribution in [0.5, 0.6) is 11.8 Å². The van der Waals surface area contributed by atoms with E-state index >= 15 is 4.39 Å². The summed E-state index contributed by atoms with van der Waals surface area (Å²) in [5.74, 6) is 4.00. The molecule has 3 aromatic heterocycles. The van der Waals surface area contributed by atoms with Crippen LogP contribution in [0.1, 0.15) is 90.7 Å². The van der Waals surface area contributed by atoms with E-state index in [9.17, 15) is 0 Å². The van der Waals surface area contributed by atoms with Gasteiger partial charge in [0.2, 0.25) is 0 Å². The van der Waals surface area contributed by atoms with Crippen molar-refractivity contribution in [3.05, 3.63) is 82.3 Å². The maximum Gasteiger partial charge on any atom is 0.319 e. The number of aryl methyl sites for hydroxylation is 1. The Hall–Kier alpha value is -5.14. The number of anilines is 1. The van der Waals surface area contributed by atoms with E-state index in [-0.39, 0.29) is 11.9 Å². The molecule has 2 atom stereocenters. The van der Waals surface area contributed by atoms with Crippen molar-refractivity contribution < 1.29 is 18.6 Å². The van der Waals surface area contributed by atoms with Gasteiger partial charge < -0.3 is 24.4 Å². The van der Waals surface area contributed by atoms with Gasteiger partial charge in [0, 0.05) is 79.3 Å². The van der Waals surface area contributed by atoms with E-state index in [1.165, 1.54) is 18.9 Å². The maximum atomic E-state index is 15.9. The molecule has 3 aliphatic heterocycles. The molecule has 3 saturated heterocycles. The van der Waals surface area contributed by atoms with Crippen LogP contribution in [-0.2, 0) is 24.8 Å². The Bertz CT molecular complexity index is 2470. The Kier molecular flexibility index (Phi) is 8.24. The molecule has 6 heterocycles. The summed E-state index contributed by atoms with van der Waals surface area (Å²) in [4.78, 5) is 17.7. The molecule has 2 bridgehead atoms. The van der Waals surface area contributed by atoms with Gasteiger partial charge in [-0.3, -0.25) is 9.78 Å². The summed E-state index contributed by atoms with van der Waals surface area (Å²) in [5, 5.41) is 17.5. The minimum Gasteiger partial charge on any atom is -0.486 e. The Balaban J connectivity index is 1.05. The van der Waals surface area contributed by atoms with E-state index in [0.717, 1.165) is 101 Å². The molecule has 12 nitrogen and oxygen atoms in total. The lowest BCUT2D eigenvalue weighted by atomic mass is 9.88. The van der Waals surface area contributed by atoms with E-state index < -0.39 is 0 Å². The first-order valence-corrected chi connectivity index (χ1v) is 20.3. The second-order valence-electron chi connectivity index (χ2n) is 16.5. The molecule has 288 valence electrons. The second kappa shape index (κ2) is 13.5. The Morgan fingerprint density at radius 3 is 2.48 bits per heavy atom. The first-order chi connectivity index (χ1) is 27.4. The van der Waals surface area contributed by atoms with E-state index in [0.29, 0.717) is 78.5 Å². The zero-order valence-electron chi connectivity index (χ0n) is 31.9. The SMILES string of the molecule is Cc1c(F)cc2[nH]ncc2c1-c1c(C2CC2)cc2c(N3C[C@@H]4C[C@H]3CN4)nc(OC3CCOCC3)nc2c1OCc1ccc(Cc2nc(C3CC3)n(C)n2)cc1. The molecule has 3 aromatic carbocycles. The average molecular weight is 756 g/mol. The van der Waals surface area contributed by atoms with Crippen molar-refractivity contribution >= 4 is 27.6 Å². The van der Waals surface area contributed by atoms with Crippen LogP contribution in [0, 0.1) is 12.7 Å². The fourth-order valence-corrected chi connectivity index (χ4v) is 9.17. The van der Waals surface area contributed by atoms with Gasteiger partial charge in [0.25, 0.3) is 0 Å². The Morgan fingerprint density at radius 1 is 0.929 bits per heavy atom. The predicted molar refractivity (Wildman–Crippen MR) is 210 cm³/mol. The number of halogens is 1. The molecule has 6 aromatic rings. The van der Waals surface area contributed by atoms with Gasteiger partial charge in [-0.25, -0.2) is 9.37 Å². The quantitative estimate of drug-likeness (QED) is 0.146. The van der Waals surface area contributed by atoms with Crippen molar-refractivity contribution in [3.8, 4) is 22.9 Å². The third-order valence-electron chi connectivity index (χ3n) is 12.5. The van der Waals surface area contributed by atoms with E-state index in [4.69, 9.17) is 34.3 Å². The molecule has 5 fully saturated rings. The van der Waals surface area contributed by atoms with Crippen molar-refractivity contribution in [1.29, 1.82) is 0 Å². The highest BCUT2D eigenvalue weighted by Gasteiger charge is 2.41. The van der Waals surface area contributed by atoms with Gasteiger partial charge in [-0.15, -0.1) is 0 Å². The molecule has 2 N–H and O–H groups in total. The van der Waals surface area contributed by atoms with Crippen LogP contribution in [0.25, 0.3) is 32.9 Å². The number of aromatic amines is 1. The van der Waals surface area contributed by atoms with E-state index in [2.05, 4.69) is 50.7 Å². The molecular weight excluding hydrogens is 710 g/mol. The lowest BCUT2D eigenvalue weighted by Crippen LogP contribution is -2.44. The van der Waals surface area contributed by atoms with Crippen molar-refractivity contribution in [3.63, 3.8) is 0 Å². The lowest BCUT2D eigenvalue weighted by Gasteiger charge is -2.31. The van der Waals surface area contributed by atoms with Gasteiger partial charge in [0.05, 0.1) is 24.9 Å². The highest BCUT2D eigenvalue weighted by Crippen LogP contribution is 2.53. The summed E-state index contributed by atoms with van der Waals surface area (Å²) in [5.41, 5.74) is 6.82. The highest BCUT2D eigenvalue weighted by molar-refractivity contribution is 6.06. The molecular formula is C43H46FN9O3. The van der Waals surface area contributed by atoms with Gasteiger partial charge in [0.1, 0.15) is 35.7 Å². The number of H-pyrrole nitrogens is 1. The monoisotopic (exact) mass is 755 g/mol. The normalized spacial score (nSPS) is 21.2.